The Morgan fingerprint density at radius 3 is 2.65 bits per heavy atom. The second-order valence-corrected chi connectivity index (χ2v) is 5.47. The number of fused-ring (bicyclic) bond motifs is 1. The van der Waals surface area contributed by atoms with E-state index in [2.05, 4.69) is 5.18 Å². The molecule has 1 aromatic heterocycles. The third kappa shape index (κ3) is 3.00. The minimum atomic E-state index is -0.164. The molecule has 0 unspecified atom stereocenters. The van der Waals surface area contributed by atoms with E-state index in [9.17, 15) is 10.0 Å². The molecular weight excluding hydrogens is 316 g/mol. The first-order chi connectivity index (χ1) is 11.2. The van der Waals surface area contributed by atoms with Crippen molar-refractivity contribution in [2.45, 2.75) is 13.0 Å². The number of aromatic nitrogens is 1. The van der Waals surface area contributed by atoms with Gasteiger partial charge in [-0.15, -0.1) is 4.91 Å². The van der Waals surface area contributed by atoms with Crippen molar-refractivity contribution in [2.24, 2.45) is 5.18 Å². The zero-order chi connectivity index (χ0) is 16.2. The van der Waals surface area contributed by atoms with E-state index >= 15 is 0 Å². The number of benzene rings is 2. The molecule has 0 spiro atoms. The molecule has 118 valence electrons. The van der Waals surface area contributed by atoms with Gasteiger partial charge in [-0.25, -0.2) is 0 Å². The SMILES string of the molecule is O=Nc1c(O)n(CCCOc2ccccc2)c2cccc(Cl)c12. The fourth-order valence-electron chi connectivity index (χ4n) is 2.57. The molecule has 3 rings (SSSR count). The van der Waals surface area contributed by atoms with Crippen LogP contribution in [0, 0.1) is 4.91 Å². The first-order valence-electron chi connectivity index (χ1n) is 7.23. The maximum absolute atomic E-state index is 11.0. The number of hydrogen-bond donors (Lipinski definition) is 1. The van der Waals surface area contributed by atoms with Crippen molar-refractivity contribution >= 4 is 28.2 Å². The van der Waals surface area contributed by atoms with Crippen LogP contribution in [0.3, 0.4) is 0 Å². The summed E-state index contributed by atoms with van der Waals surface area (Å²) in [5.74, 6) is 0.634. The Bertz CT molecular complexity index is 831. The molecule has 0 radical (unpaired) electrons. The molecule has 0 aliphatic rings. The average Bonchev–Trinajstić information content (AvgIpc) is 2.85. The molecule has 5 nitrogen and oxygen atoms in total. The van der Waals surface area contributed by atoms with Crippen molar-refractivity contribution in [1.29, 1.82) is 0 Å². The summed E-state index contributed by atoms with van der Waals surface area (Å²) in [6.07, 6.45) is 0.664. The summed E-state index contributed by atoms with van der Waals surface area (Å²) < 4.78 is 7.26. The molecule has 6 heteroatoms. The molecule has 0 fully saturated rings. The highest BCUT2D eigenvalue weighted by Crippen LogP contribution is 2.42. The van der Waals surface area contributed by atoms with E-state index in [4.69, 9.17) is 16.3 Å². The molecular formula is C17H15ClN2O3. The largest absolute Gasteiger partial charge is 0.494 e. The predicted molar refractivity (Wildman–Crippen MR) is 90.6 cm³/mol. The van der Waals surface area contributed by atoms with E-state index in [1.165, 1.54) is 0 Å². The number of nitroso groups, excluding NO2 is 1. The van der Waals surface area contributed by atoms with Crippen LogP contribution in [0.1, 0.15) is 6.42 Å². The van der Waals surface area contributed by atoms with Gasteiger partial charge < -0.3 is 14.4 Å². The van der Waals surface area contributed by atoms with Crippen LogP contribution in [-0.2, 0) is 6.54 Å². The molecule has 2 aromatic carbocycles. The van der Waals surface area contributed by atoms with Gasteiger partial charge in [-0.05, 0) is 35.9 Å². The van der Waals surface area contributed by atoms with Crippen LogP contribution in [0.15, 0.2) is 53.7 Å². The van der Waals surface area contributed by atoms with Crippen LogP contribution in [0.2, 0.25) is 5.02 Å². The summed E-state index contributed by atoms with van der Waals surface area (Å²) >= 11 is 6.12. The molecule has 0 atom stereocenters. The van der Waals surface area contributed by atoms with Crippen molar-refractivity contribution in [3.05, 3.63) is 58.5 Å². The molecule has 0 saturated heterocycles. The number of ether oxygens (including phenoxy) is 1. The summed E-state index contributed by atoms with van der Waals surface area (Å²) in [7, 11) is 0. The van der Waals surface area contributed by atoms with Crippen molar-refractivity contribution < 1.29 is 9.84 Å². The maximum atomic E-state index is 11.0. The number of aromatic hydroxyl groups is 1. The smallest absolute Gasteiger partial charge is 0.222 e. The Morgan fingerprint density at radius 1 is 1.13 bits per heavy atom. The quantitative estimate of drug-likeness (QED) is 0.518. The summed E-state index contributed by atoms with van der Waals surface area (Å²) in [4.78, 5) is 11.0. The monoisotopic (exact) mass is 330 g/mol. The number of rotatable bonds is 6. The molecule has 23 heavy (non-hydrogen) atoms. The number of aryl methyl sites for hydroxylation is 1. The molecule has 0 amide bonds. The first-order valence-corrected chi connectivity index (χ1v) is 7.61. The van der Waals surface area contributed by atoms with Crippen molar-refractivity contribution in [3.63, 3.8) is 0 Å². The number of hydrogen-bond acceptors (Lipinski definition) is 4. The van der Waals surface area contributed by atoms with Gasteiger partial charge in [-0.3, -0.25) is 0 Å². The van der Waals surface area contributed by atoms with Gasteiger partial charge in [0.25, 0.3) is 0 Å². The fourth-order valence-corrected chi connectivity index (χ4v) is 2.83. The van der Waals surface area contributed by atoms with Crippen molar-refractivity contribution in [3.8, 4) is 11.6 Å². The highest BCUT2D eigenvalue weighted by Gasteiger charge is 2.19. The van der Waals surface area contributed by atoms with Gasteiger partial charge in [0.05, 0.1) is 22.5 Å². The lowest BCUT2D eigenvalue weighted by molar-refractivity contribution is 0.298. The van der Waals surface area contributed by atoms with Gasteiger partial charge in [0.2, 0.25) is 5.88 Å². The minimum absolute atomic E-state index is 0.0189. The minimum Gasteiger partial charge on any atom is -0.494 e. The summed E-state index contributed by atoms with van der Waals surface area (Å²) in [6, 6.07) is 14.8. The van der Waals surface area contributed by atoms with E-state index in [-0.39, 0.29) is 11.6 Å². The van der Waals surface area contributed by atoms with Crippen LogP contribution < -0.4 is 4.74 Å². The number of nitrogens with zero attached hydrogens (tertiary/aromatic N) is 2. The van der Waals surface area contributed by atoms with Gasteiger partial charge in [0.1, 0.15) is 5.75 Å². The van der Waals surface area contributed by atoms with Crippen LogP contribution in [-0.4, -0.2) is 16.3 Å². The number of halogens is 1. The highest BCUT2D eigenvalue weighted by molar-refractivity contribution is 6.36. The zero-order valence-corrected chi connectivity index (χ0v) is 13.0. The standard InChI is InChI=1S/C17H15ClN2O3/c18-13-8-4-9-14-15(13)16(19-22)17(21)20(14)10-5-11-23-12-6-2-1-3-7-12/h1-4,6-9,21H,5,10-11H2. The van der Waals surface area contributed by atoms with Crippen molar-refractivity contribution in [1.82, 2.24) is 4.57 Å². The Labute approximate surface area is 138 Å². The predicted octanol–water partition coefficient (Wildman–Crippen LogP) is 4.87. The lowest BCUT2D eigenvalue weighted by Gasteiger charge is -2.08. The fraction of sp³-hybridized carbons (Fsp3) is 0.176. The van der Waals surface area contributed by atoms with E-state index in [1.807, 2.05) is 30.3 Å². The van der Waals surface area contributed by atoms with Gasteiger partial charge in [0.15, 0.2) is 5.69 Å². The van der Waals surface area contributed by atoms with Crippen LogP contribution in [0.25, 0.3) is 10.9 Å². The zero-order valence-electron chi connectivity index (χ0n) is 12.3. The van der Waals surface area contributed by atoms with Gasteiger partial charge in [0, 0.05) is 6.54 Å². The molecule has 1 heterocycles. The third-order valence-corrected chi connectivity index (χ3v) is 3.93. The Balaban J connectivity index is 1.77. The Hall–Kier alpha value is -2.53. The van der Waals surface area contributed by atoms with Gasteiger partial charge in [-0.2, -0.15) is 0 Å². The highest BCUT2D eigenvalue weighted by atomic mass is 35.5. The van der Waals surface area contributed by atoms with Crippen molar-refractivity contribution in [2.75, 3.05) is 6.61 Å². The first kappa shape index (κ1) is 15.4. The second kappa shape index (κ2) is 6.71. The van der Waals surface area contributed by atoms with Gasteiger partial charge >= 0.3 is 0 Å². The molecule has 1 N–H and O–H groups in total. The lowest BCUT2D eigenvalue weighted by atomic mass is 10.2. The van der Waals surface area contributed by atoms with E-state index in [1.54, 1.807) is 22.8 Å². The van der Waals surface area contributed by atoms with E-state index in [0.29, 0.717) is 35.5 Å². The molecule has 0 bridgehead atoms. The van der Waals surface area contributed by atoms with Crippen LogP contribution in [0.4, 0.5) is 5.69 Å². The van der Waals surface area contributed by atoms with E-state index in [0.717, 1.165) is 5.75 Å². The van der Waals surface area contributed by atoms with Gasteiger partial charge in [-0.1, -0.05) is 35.9 Å². The summed E-state index contributed by atoms with van der Waals surface area (Å²) in [5, 5.41) is 14.0. The molecule has 0 saturated carbocycles. The average molecular weight is 331 g/mol. The molecule has 3 aromatic rings. The second-order valence-electron chi connectivity index (χ2n) is 5.06. The Kier molecular flexibility index (Phi) is 4.48. The lowest BCUT2D eigenvalue weighted by Crippen LogP contribution is -2.04. The topological polar surface area (TPSA) is 63.8 Å². The maximum Gasteiger partial charge on any atom is 0.222 e. The molecule has 0 aliphatic heterocycles. The molecule has 0 aliphatic carbocycles. The third-order valence-electron chi connectivity index (χ3n) is 3.62. The van der Waals surface area contributed by atoms with E-state index < -0.39 is 0 Å². The summed E-state index contributed by atoms with van der Waals surface area (Å²) in [6.45, 7) is 0.985. The summed E-state index contributed by atoms with van der Waals surface area (Å²) in [5.41, 5.74) is 0.666. The van der Waals surface area contributed by atoms with Crippen LogP contribution in [0.5, 0.6) is 11.6 Å². The number of para-hydroxylation sites is 1. The normalized spacial score (nSPS) is 10.8. The van der Waals surface area contributed by atoms with Crippen LogP contribution >= 0.6 is 11.6 Å². The Morgan fingerprint density at radius 2 is 1.91 bits per heavy atom.